The Morgan fingerprint density at radius 1 is 1.64 bits per heavy atom. The van der Waals surface area contributed by atoms with Crippen molar-refractivity contribution < 1.29 is 4.39 Å². The summed E-state index contributed by atoms with van der Waals surface area (Å²) in [6.45, 7) is 7.08. The van der Waals surface area contributed by atoms with Crippen molar-refractivity contribution in [1.29, 1.82) is 0 Å². The van der Waals surface area contributed by atoms with E-state index in [-0.39, 0.29) is 5.03 Å². The van der Waals surface area contributed by atoms with Gasteiger partial charge in [0.1, 0.15) is 5.83 Å². The van der Waals surface area contributed by atoms with Gasteiger partial charge < -0.3 is 0 Å². The molecule has 0 bridgehead atoms. The van der Waals surface area contributed by atoms with Crippen LogP contribution < -0.4 is 0 Å². The first-order chi connectivity index (χ1) is 5.07. The summed E-state index contributed by atoms with van der Waals surface area (Å²) in [4.78, 5) is 0. The summed E-state index contributed by atoms with van der Waals surface area (Å²) in [6, 6.07) is 0. The van der Waals surface area contributed by atoms with E-state index in [0.29, 0.717) is 0 Å². The predicted molar refractivity (Wildman–Crippen MR) is 48.2 cm³/mol. The zero-order valence-corrected chi connectivity index (χ0v) is 7.58. The molecular formula is C9H12ClF. The van der Waals surface area contributed by atoms with Crippen LogP contribution in [0.5, 0.6) is 0 Å². The van der Waals surface area contributed by atoms with E-state index in [1.54, 1.807) is 0 Å². The highest BCUT2D eigenvalue weighted by Crippen LogP contribution is 2.15. The van der Waals surface area contributed by atoms with E-state index in [2.05, 4.69) is 6.58 Å². The van der Waals surface area contributed by atoms with Gasteiger partial charge in [-0.15, -0.1) is 0 Å². The van der Waals surface area contributed by atoms with Crippen LogP contribution in [0.4, 0.5) is 4.39 Å². The minimum atomic E-state index is -0.464. The Labute approximate surface area is 72.1 Å². The van der Waals surface area contributed by atoms with Crippen molar-refractivity contribution in [2.24, 2.45) is 0 Å². The second kappa shape index (κ2) is 5.14. The summed E-state index contributed by atoms with van der Waals surface area (Å²) >= 11 is 5.31. The Morgan fingerprint density at radius 2 is 2.18 bits per heavy atom. The number of allylic oxidation sites excluding steroid dienone is 5. The first-order valence-corrected chi connectivity index (χ1v) is 3.84. The standard InChI is InChI=1S/C9H12ClF/c1-4-5-7(2)6-9(11)8(3)10/h5-6H,3-4H2,1-2H3/b7-5-,9-6+. The third-order valence-electron chi connectivity index (χ3n) is 1.14. The fraction of sp³-hybridized carbons (Fsp3) is 0.333. The maximum Gasteiger partial charge on any atom is 0.141 e. The van der Waals surface area contributed by atoms with Crippen molar-refractivity contribution in [3.63, 3.8) is 0 Å². The van der Waals surface area contributed by atoms with Gasteiger partial charge in [-0.2, -0.15) is 0 Å². The Kier molecular flexibility index (Phi) is 4.88. The highest BCUT2D eigenvalue weighted by atomic mass is 35.5. The molecule has 0 heterocycles. The maximum atomic E-state index is 12.7. The summed E-state index contributed by atoms with van der Waals surface area (Å²) in [5, 5.41) is -0.0474. The monoisotopic (exact) mass is 174 g/mol. The lowest BCUT2D eigenvalue weighted by molar-refractivity contribution is 0.662. The quantitative estimate of drug-likeness (QED) is 0.569. The molecule has 0 aromatic carbocycles. The molecule has 0 aromatic heterocycles. The Hall–Kier alpha value is -0.560. The fourth-order valence-corrected chi connectivity index (χ4v) is 0.714. The van der Waals surface area contributed by atoms with Crippen molar-refractivity contribution in [1.82, 2.24) is 0 Å². The molecule has 0 aliphatic rings. The van der Waals surface area contributed by atoms with Crippen LogP contribution in [0.25, 0.3) is 0 Å². The average molecular weight is 175 g/mol. The summed E-state index contributed by atoms with van der Waals surface area (Å²) in [7, 11) is 0. The van der Waals surface area contributed by atoms with Gasteiger partial charge in [-0.3, -0.25) is 0 Å². The number of rotatable bonds is 3. The van der Waals surface area contributed by atoms with Gasteiger partial charge in [-0.25, -0.2) is 4.39 Å². The van der Waals surface area contributed by atoms with E-state index in [9.17, 15) is 4.39 Å². The molecule has 0 fully saturated rings. The van der Waals surface area contributed by atoms with E-state index in [0.717, 1.165) is 12.0 Å². The second-order valence-corrected chi connectivity index (χ2v) is 2.71. The van der Waals surface area contributed by atoms with E-state index in [1.165, 1.54) is 6.08 Å². The van der Waals surface area contributed by atoms with Crippen molar-refractivity contribution in [2.45, 2.75) is 20.3 Å². The first-order valence-electron chi connectivity index (χ1n) is 3.46. The lowest BCUT2D eigenvalue weighted by Crippen LogP contribution is -1.74. The molecule has 0 saturated carbocycles. The Morgan fingerprint density at radius 3 is 2.55 bits per heavy atom. The zero-order valence-electron chi connectivity index (χ0n) is 6.82. The lowest BCUT2D eigenvalue weighted by Gasteiger charge is -1.92. The largest absolute Gasteiger partial charge is 0.205 e. The molecule has 0 N–H and O–H groups in total. The predicted octanol–water partition coefficient (Wildman–Crippen LogP) is 3.95. The smallest absolute Gasteiger partial charge is 0.141 e. The fourth-order valence-electron chi connectivity index (χ4n) is 0.659. The number of hydrogen-bond donors (Lipinski definition) is 0. The molecule has 2 heteroatoms. The molecule has 0 unspecified atom stereocenters. The lowest BCUT2D eigenvalue weighted by atomic mass is 10.2. The van der Waals surface area contributed by atoms with Gasteiger partial charge in [-0.1, -0.05) is 36.8 Å². The topological polar surface area (TPSA) is 0 Å². The Bertz CT molecular complexity index is 202. The third kappa shape index (κ3) is 4.79. The molecule has 62 valence electrons. The summed E-state index contributed by atoms with van der Waals surface area (Å²) in [6.07, 6.45) is 4.18. The van der Waals surface area contributed by atoms with Crippen LogP contribution in [0.1, 0.15) is 20.3 Å². The van der Waals surface area contributed by atoms with E-state index >= 15 is 0 Å². The van der Waals surface area contributed by atoms with Crippen molar-refractivity contribution in [3.05, 3.63) is 35.2 Å². The SMILES string of the molecule is C=C(Cl)/C(F)=C\C(C)=C/CC. The van der Waals surface area contributed by atoms with Gasteiger partial charge in [0.15, 0.2) is 0 Å². The van der Waals surface area contributed by atoms with Crippen molar-refractivity contribution in [2.75, 3.05) is 0 Å². The third-order valence-corrected chi connectivity index (χ3v) is 1.32. The van der Waals surface area contributed by atoms with Gasteiger partial charge >= 0.3 is 0 Å². The summed E-state index contributed by atoms with van der Waals surface area (Å²) in [5.74, 6) is -0.464. The van der Waals surface area contributed by atoms with Crippen LogP contribution in [0.3, 0.4) is 0 Å². The van der Waals surface area contributed by atoms with Crippen LogP contribution in [-0.4, -0.2) is 0 Å². The molecule has 0 radical (unpaired) electrons. The highest BCUT2D eigenvalue weighted by molar-refractivity contribution is 6.31. The highest BCUT2D eigenvalue weighted by Gasteiger charge is 1.95. The van der Waals surface area contributed by atoms with E-state index < -0.39 is 5.83 Å². The second-order valence-electron chi connectivity index (χ2n) is 2.25. The van der Waals surface area contributed by atoms with Gasteiger partial charge in [0, 0.05) is 0 Å². The van der Waals surface area contributed by atoms with Crippen LogP contribution in [0.15, 0.2) is 35.2 Å². The molecule has 0 saturated heterocycles. The Balaban J connectivity index is 4.30. The summed E-state index contributed by atoms with van der Waals surface area (Å²) < 4.78 is 12.7. The summed E-state index contributed by atoms with van der Waals surface area (Å²) in [5.41, 5.74) is 0.867. The number of halogens is 2. The molecule has 0 amide bonds. The van der Waals surface area contributed by atoms with Crippen molar-refractivity contribution in [3.8, 4) is 0 Å². The van der Waals surface area contributed by atoms with Crippen LogP contribution in [0.2, 0.25) is 0 Å². The minimum absolute atomic E-state index is 0.0474. The molecule has 0 aliphatic heterocycles. The van der Waals surface area contributed by atoms with Crippen LogP contribution in [-0.2, 0) is 0 Å². The molecule has 0 rings (SSSR count). The molecule has 0 atom stereocenters. The van der Waals surface area contributed by atoms with Gasteiger partial charge in [0.2, 0.25) is 0 Å². The molecule has 11 heavy (non-hydrogen) atoms. The number of hydrogen-bond acceptors (Lipinski definition) is 0. The molecule has 0 aliphatic carbocycles. The van der Waals surface area contributed by atoms with E-state index in [1.807, 2.05) is 19.9 Å². The molecular weight excluding hydrogens is 163 g/mol. The molecule has 0 spiro atoms. The van der Waals surface area contributed by atoms with Gasteiger partial charge in [-0.05, 0) is 19.4 Å². The van der Waals surface area contributed by atoms with Crippen molar-refractivity contribution >= 4 is 11.6 Å². The van der Waals surface area contributed by atoms with Gasteiger partial charge in [0.25, 0.3) is 0 Å². The van der Waals surface area contributed by atoms with Gasteiger partial charge in [0.05, 0.1) is 5.03 Å². The maximum absolute atomic E-state index is 12.7. The molecule has 0 aromatic rings. The normalized spacial score (nSPS) is 13.5. The molecule has 0 nitrogen and oxygen atoms in total. The zero-order chi connectivity index (χ0) is 8.85. The minimum Gasteiger partial charge on any atom is -0.205 e. The van der Waals surface area contributed by atoms with Crippen LogP contribution in [0, 0.1) is 0 Å². The van der Waals surface area contributed by atoms with E-state index in [4.69, 9.17) is 11.6 Å². The first kappa shape index (κ1) is 10.4. The van der Waals surface area contributed by atoms with Crippen LogP contribution >= 0.6 is 11.6 Å². The average Bonchev–Trinajstić information content (AvgIpc) is 1.87.